The fourth-order valence-electron chi connectivity index (χ4n) is 0.855. The van der Waals surface area contributed by atoms with E-state index in [2.05, 4.69) is 46.4 Å². The Morgan fingerprint density at radius 3 is 2.60 bits per heavy atom. The second-order valence-electron chi connectivity index (χ2n) is 4.31. The number of hydrogen-bond acceptors (Lipinski definition) is 3. The van der Waals surface area contributed by atoms with Crippen LogP contribution in [-0.4, -0.2) is 10.5 Å². The molecule has 84 valence electrons. The lowest BCUT2D eigenvalue weighted by Crippen LogP contribution is -2.29. The van der Waals surface area contributed by atoms with Gasteiger partial charge in [-0.15, -0.1) is 0 Å². The van der Waals surface area contributed by atoms with E-state index in [0.717, 1.165) is 14.9 Å². The van der Waals surface area contributed by atoms with Crippen molar-refractivity contribution in [2.45, 2.75) is 38.1 Å². The molecule has 0 saturated carbocycles. The highest BCUT2D eigenvalue weighted by molar-refractivity contribution is 9.10. The Morgan fingerprint density at radius 1 is 1.47 bits per heavy atom. The van der Waals surface area contributed by atoms with Crippen LogP contribution < -0.4 is 4.72 Å². The van der Waals surface area contributed by atoms with Gasteiger partial charge in [0.05, 0.1) is 4.90 Å². The molecular formula is C10H14BrClN2S. The molecule has 0 aliphatic carbocycles. The molecule has 0 amide bonds. The lowest BCUT2D eigenvalue weighted by Gasteiger charge is -2.20. The van der Waals surface area contributed by atoms with Gasteiger partial charge in [0.1, 0.15) is 5.15 Å². The van der Waals surface area contributed by atoms with Crippen LogP contribution in [-0.2, 0) is 0 Å². The summed E-state index contributed by atoms with van der Waals surface area (Å²) in [4.78, 5) is 5.07. The third-order valence-electron chi connectivity index (χ3n) is 1.64. The van der Waals surface area contributed by atoms with Gasteiger partial charge < -0.3 is 0 Å². The predicted molar refractivity (Wildman–Crippen MR) is 70.4 cm³/mol. The molecular weight excluding hydrogens is 296 g/mol. The zero-order valence-electron chi connectivity index (χ0n) is 9.19. The van der Waals surface area contributed by atoms with Gasteiger partial charge in [-0.05, 0) is 61.1 Å². The smallest absolute Gasteiger partial charge is 0.144 e. The third-order valence-corrected chi connectivity index (χ3v) is 4.25. The first-order chi connectivity index (χ1) is 6.81. The summed E-state index contributed by atoms with van der Waals surface area (Å²) < 4.78 is 4.30. The second-order valence-corrected chi connectivity index (χ2v) is 6.33. The van der Waals surface area contributed by atoms with Gasteiger partial charge in [0, 0.05) is 16.2 Å². The Bertz CT molecular complexity index is 363. The van der Waals surface area contributed by atoms with E-state index in [9.17, 15) is 0 Å². The van der Waals surface area contributed by atoms with Crippen molar-refractivity contribution >= 4 is 39.5 Å². The van der Waals surface area contributed by atoms with Gasteiger partial charge in [-0.25, -0.2) is 4.98 Å². The van der Waals surface area contributed by atoms with E-state index >= 15 is 0 Å². The number of rotatable bonds is 2. The van der Waals surface area contributed by atoms with Crippen LogP contribution in [0.25, 0.3) is 0 Å². The summed E-state index contributed by atoms with van der Waals surface area (Å²) in [6.07, 6.45) is 1.72. The molecule has 0 fully saturated rings. The molecule has 1 N–H and O–H groups in total. The average molecular weight is 310 g/mol. The molecule has 2 nitrogen and oxygen atoms in total. The summed E-state index contributed by atoms with van der Waals surface area (Å²) in [6, 6.07) is 0. The van der Waals surface area contributed by atoms with Crippen LogP contribution in [0, 0.1) is 6.92 Å². The minimum atomic E-state index is 0.0444. The van der Waals surface area contributed by atoms with Gasteiger partial charge in [-0.1, -0.05) is 11.6 Å². The van der Waals surface area contributed by atoms with Crippen molar-refractivity contribution in [1.29, 1.82) is 0 Å². The topological polar surface area (TPSA) is 24.9 Å². The van der Waals surface area contributed by atoms with Crippen LogP contribution >= 0.6 is 39.5 Å². The Kier molecular flexibility index (Phi) is 4.47. The number of pyridine rings is 1. The summed E-state index contributed by atoms with van der Waals surface area (Å²) in [5.41, 5.74) is 1.15. The molecule has 1 heterocycles. The fraction of sp³-hybridized carbons (Fsp3) is 0.500. The molecule has 0 aromatic carbocycles. The van der Waals surface area contributed by atoms with Crippen molar-refractivity contribution in [3.63, 3.8) is 0 Å². The summed E-state index contributed by atoms with van der Waals surface area (Å²) in [6.45, 7) is 8.34. The highest BCUT2D eigenvalue weighted by Gasteiger charge is 2.14. The maximum Gasteiger partial charge on any atom is 0.144 e. The van der Waals surface area contributed by atoms with E-state index in [0.29, 0.717) is 5.15 Å². The van der Waals surface area contributed by atoms with Crippen LogP contribution in [0.1, 0.15) is 26.3 Å². The summed E-state index contributed by atoms with van der Waals surface area (Å²) >= 11 is 11.0. The molecule has 15 heavy (non-hydrogen) atoms. The molecule has 0 radical (unpaired) electrons. The maximum atomic E-state index is 6.04. The molecule has 0 saturated heterocycles. The summed E-state index contributed by atoms with van der Waals surface area (Å²) in [5, 5.41) is 0.539. The Hall–Kier alpha value is 0.230. The van der Waals surface area contributed by atoms with Crippen molar-refractivity contribution in [2.24, 2.45) is 0 Å². The monoisotopic (exact) mass is 308 g/mol. The van der Waals surface area contributed by atoms with Crippen molar-refractivity contribution in [2.75, 3.05) is 0 Å². The van der Waals surface area contributed by atoms with Crippen molar-refractivity contribution in [3.05, 3.63) is 21.4 Å². The first-order valence-corrected chi connectivity index (χ1v) is 6.54. The van der Waals surface area contributed by atoms with E-state index in [1.54, 1.807) is 6.20 Å². The average Bonchev–Trinajstić information content (AvgIpc) is 2.10. The van der Waals surface area contributed by atoms with Crippen LogP contribution in [0.15, 0.2) is 15.6 Å². The zero-order chi connectivity index (χ0) is 11.6. The van der Waals surface area contributed by atoms with E-state index in [-0.39, 0.29) is 5.54 Å². The number of nitrogens with zero attached hydrogens (tertiary/aromatic N) is 1. The molecule has 0 aliphatic heterocycles. The Balaban J connectivity index is 2.90. The Labute approximate surface area is 108 Å². The van der Waals surface area contributed by atoms with Gasteiger partial charge in [-0.2, -0.15) is 0 Å². The number of halogens is 2. The van der Waals surface area contributed by atoms with Gasteiger partial charge in [0.2, 0.25) is 0 Å². The van der Waals surface area contributed by atoms with E-state index in [4.69, 9.17) is 11.6 Å². The minimum Gasteiger partial charge on any atom is -0.254 e. The Morgan fingerprint density at radius 2 is 2.07 bits per heavy atom. The maximum absolute atomic E-state index is 6.04. The number of nitrogens with one attached hydrogen (secondary N) is 1. The van der Waals surface area contributed by atoms with E-state index in [1.165, 1.54) is 11.9 Å². The molecule has 0 bridgehead atoms. The van der Waals surface area contributed by atoms with Crippen LogP contribution in [0.3, 0.4) is 0 Å². The normalized spacial score (nSPS) is 11.9. The molecule has 1 aromatic rings. The quantitative estimate of drug-likeness (QED) is 0.654. The van der Waals surface area contributed by atoms with E-state index in [1.807, 2.05) is 6.92 Å². The third kappa shape index (κ3) is 3.94. The second kappa shape index (κ2) is 5.04. The molecule has 1 rings (SSSR count). The molecule has 0 atom stereocenters. The van der Waals surface area contributed by atoms with Crippen molar-refractivity contribution < 1.29 is 0 Å². The highest BCUT2D eigenvalue weighted by Crippen LogP contribution is 2.32. The van der Waals surface area contributed by atoms with Gasteiger partial charge in [0.15, 0.2) is 0 Å². The first kappa shape index (κ1) is 13.3. The van der Waals surface area contributed by atoms with Gasteiger partial charge in [-0.3, -0.25) is 4.72 Å². The van der Waals surface area contributed by atoms with Crippen molar-refractivity contribution in [1.82, 2.24) is 9.71 Å². The number of aromatic nitrogens is 1. The van der Waals surface area contributed by atoms with Crippen LogP contribution in [0.4, 0.5) is 0 Å². The molecule has 0 spiro atoms. The fourth-order valence-corrected chi connectivity index (χ4v) is 2.40. The SMILES string of the molecule is Cc1c(Br)cnc(Cl)c1SNC(C)(C)C. The van der Waals surface area contributed by atoms with Gasteiger partial charge in [0.25, 0.3) is 0 Å². The van der Waals surface area contributed by atoms with Crippen molar-refractivity contribution in [3.8, 4) is 0 Å². The van der Waals surface area contributed by atoms with Crippen LogP contribution in [0.5, 0.6) is 0 Å². The zero-order valence-corrected chi connectivity index (χ0v) is 12.3. The molecule has 0 aliphatic rings. The first-order valence-electron chi connectivity index (χ1n) is 4.56. The summed E-state index contributed by atoms with van der Waals surface area (Å²) in [5.74, 6) is 0. The largest absolute Gasteiger partial charge is 0.254 e. The number of hydrogen-bond donors (Lipinski definition) is 1. The minimum absolute atomic E-state index is 0.0444. The molecule has 0 unspecified atom stereocenters. The molecule has 1 aromatic heterocycles. The standard InChI is InChI=1S/C10H14BrClN2S/c1-6-7(11)5-13-9(12)8(6)15-14-10(2,3)4/h5,14H,1-4H3. The lowest BCUT2D eigenvalue weighted by molar-refractivity contribution is 0.535. The lowest BCUT2D eigenvalue weighted by atomic mass is 10.1. The van der Waals surface area contributed by atoms with E-state index < -0.39 is 0 Å². The van der Waals surface area contributed by atoms with Gasteiger partial charge >= 0.3 is 0 Å². The predicted octanol–water partition coefficient (Wildman–Crippen LogP) is 4.20. The molecule has 5 heteroatoms. The summed E-state index contributed by atoms with van der Waals surface area (Å²) in [7, 11) is 0. The highest BCUT2D eigenvalue weighted by atomic mass is 79.9. The van der Waals surface area contributed by atoms with Crippen LogP contribution in [0.2, 0.25) is 5.15 Å².